The number of aromatic hydroxyl groups is 1. The van der Waals surface area contributed by atoms with Gasteiger partial charge in [-0.25, -0.2) is 0 Å². The van der Waals surface area contributed by atoms with Crippen molar-refractivity contribution in [1.82, 2.24) is 0 Å². The second-order valence-electron chi connectivity index (χ2n) is 11.3. The summed E-state index contributed by atoms with van der Waals surface area (Å²) < 4.78 is 0. The quantitative estimate of drug-likeness (QED) is 0.289. The first-order valence-corrected chi connectivity index (χ1v) is 19.4. The SMILES string of the molecule is CC[Si](CC)(c1cc(C)cc(C(C)(C)C)c1O)C1C2C=Cc3ccccc3C2C[C@H]1C.[CH3-].[Cl][Ti][Cl]. The summed E-state index contributed by atoms with van der Waals surface area (Å²) >= 11 is -0.556. The van der Waals surface area contributed by atoms with Crippen LogP contribution in [-0.2, 0) is 22.4 Å². The van der Waals surface area contributed by atoms with Gasteiger partial charge in [0.05, 0.1) is 8.07 Å². The van der Waals surface area contributed by atoms with Gasteiger partial charge in [-0.3, -0.25) is 0 Å². The first kappa shape index (κ1) is 30.7. The van der Waals surface area contributed by atoms with E-state index in [2.05, 4.69) is 97.0 Å². The molecule has 1 saturated carbocycles. The van der Waals surface area contributed by atoms with E-state index in [0.717, 1.165) is 5.56 Å². The van der Waals surface area contributed by atoms with Crippen molar-refractivity contribution in [1.29, 1.82) is 0 Å². The molecular formula is C30H43Cl2OSiTi-. The fourth-order valence-corrected chi connectivity index (χ4v) is 13.1. The number of aryl methyl sites for hydroxylation is 1. The summed E-state index contributed by atoms with van der Waals surface area (Å²) in [7, 11) is 7.81. The van der Waals surface area contributed by atoms with Crippen molar-refractivity contribution < 1.29 is 22.1 Å². The van der Waals surface area contributed by atoms with Gasteiger partial charge in [0.2, 0.25) is 0 Å². The predicted octanol–water partition coefficient (Wildman–Crippen LogP) is 9.36. The molecule has 2 aromatic carbocycles. The molecule has 3 unspecified atom stereocenters. The van der Waals surface area contributed by atoms with Crippen LogP contribution in [0, 0.1) is 26.2 Å². The molecule has 0 radical (unpaired) electrons. The molecule has 1 nitrogen and oxygen atoms in total. The van der Waals surface area contributed by atoms with Gasteiger partial charge in [-0.2, -0.15) is 0 Å². The van der Waals surface area contributed by atoms with Crippen molar-refractivity contribution in [3.05, 3.63) is 72.2 Å². The fourth-order valence-electron chi connectivity index (χ4n) is 7.06. The van der Waals surface area contributed by atoms with Gasteiger partial charge in [-0.1, -0.05) is 108 Å². The Morgan fingerprint density at radius 3 is 2.26 bits per heavy atom. The van der Waals surface area contributed by atoms with Gasteiger partial charge in [-0.15, -0.1) is 0 Å². The molecule has 0 aliphatic heterocycles. The zero-order chi connectivity index (χ0) is 25.3. The molecule has 0 bridgehead atoms. The van der Waals surface area contributed by atoms with Crippen molar-refractivity contribution in [3.63, 3.8) is 0 Å². The van der Waals surface area contributed by atoms with Gasteiger partial charge in [0, 0.05) is 0 Å². The van der Waals surface area contributed by atoms with Gasteiger partial charge in [0.15, 0.2) is 0 Å². The molecule has 0 heterocycles. The van der Waals surface area contributed by atoms with Gasteiger partial charge in [0.25, 0.3) is 0 Å². The predicted molar refractivity (Wildman–Crippen MR) is 155 cm³/mol. The van der Waals surface area contributed by atoms with Gasteiger partial charge in [0.1, 0.15) is 5.75 Å². The first-order valence-electron chi connectivity index (χ1n) is 12.6. The molecule has 2 aliphatic carbocycles. The van der Waals surface area contributed by atoms with Crippen LogP contribution in [0.25, 0.3) is 6.08 Å². The summed E-state index contributed by atoms with van der Waals surface area (Å²) in [5.41, 5.74) is 5.97. The Hall–Kier alpha value is -0.509. The molecule has 4 rings (SSSR count). The number of phenols is 1. The van der Waals surface area contributed by atoms with Crippen LogP contribution in [0.1, 0.15) is 76.1 Å². The first-order chi connectivity index (χ1) is 16.0. The normalized spacial score (nSPS) is 22.9. The van der Waals surface area contributed by atoms with Gasteiger partial charge in [-0.05, 0) is 63.9 Å². The molecule has 0 amide bonds. The van der Waals surface area contributed by atoms with E-state index in [1.807, 2.05) is 0 Å². The second-order valence-corrected chi connectivity index (χ2v) is 18.8. The number of hydrogen-bond donors (Lipinski definition) is 1. The Kier molecular flexibility index (Phi) is 10.8. The molecule has 2 aromatic rings. The number of phenolic OH excluding ortho intramolecular Hbond substituents is 1. The number of hydrogen-bond acceptors (Lipinski definition) is 1. The second kappa shape index (κ2) is 12.4. The van der Waals surface area contributed by atoms with E-state index in [4.69, 9.17) is 18.6 Å². The number of rotatable bonds is 4. The Labute approximate surface area is 232 Å². The summed E-state index contributed by atoms with van der Waals surface area (Å²) in [5.74, 6) is 2.49. The molecule has 5 heteroatoms. The molecule has 35 heavy (non-hydrogen) atoms. The summed E-state index contributed by atoms with van der Waals surface area (Å²) in [6.07, 6.45) is 6.18. The Bertz CT molecular complexity index is 1030. The Morgan fingerprint density at radius 1 is 1.09 bits per heavy atom. The Morgan fingerprint density at radius 2 is 1.69 bits per heavy atom. The monoisotopic (exact) mass is 565 g/mol. The van der Waals surface area contributed by atoms with E-state index in [1.165, 1.54) is 34.8 Å². The van der Waals surface area contributed by atoms with Crippen LogP contribution in [-0.4, -0.2) is 13.2 Å². The van der Waals surface area contributed by atoms with Crippen molar-refractivity contribution in [2.24, 2.45) is 11.8 Å². The average Bonchev–Trinajstić information content (AvgIpc) is 3.14. The summed E-state index contributed by atoms with van der Waals surface area (Å²) in [4.78, 5) is 0. The standard InChI is InChI=1S/C29H40OSi.CH3.2ClH.Ti/c1-8-31(9-2,26-17-19(3)16-25(27(26)30)29(5,6)7)28-20(4)18-24-22-13-11-10-12-21(22)14-15-23(24)28;;;;/h10-17,20,23-24,28,30H,8-9,18H2,1-7H3;1H3;2*1H;/q;-1;;;+2/p-2/t20-,23?,24?,28?;;;;/m1..../s1. The maximum absolute atomic E-state index is 11.7. The number of fused-ring (bicyclic) bond motifs is 3. The van der Waals surface area contributed by atoms with E-state index in [1.54, 1.807) is 5.56 Å². The van der Waals surface area contributed by atoms with Gasteiger partial charge < -0.3 is 12.5 Å². The Balaban J connectivity index is 0.00000103. The number of halogens is 2. The molecule has 2 aliphatic rings. The third-order valence-corrected chi connectivity index (χ3v) is 14.7. The fraction of sp³-hybridized carbons (Fsp3) is 0.500. The van der Waals surface area contributed by atoms with Crippen LogP contribution < -0.4 is 5.19 Å². The van der Waals surface area contributed by atoms with Crippen molar-refractivity contribution in [2.45, 2.75) is 83.8 Å². The van der Waals surface area contributed by atoms with E-state index in [-0.39, 0.29) is 12.8 Å². The minimum atomic E-state index is -1.97. The zero-order valence-electron chi connectivity index (χ0n) is 22.8. The third-order valence-electron chi connectivity index (χ3n) is 8.51. The molecule has 1 N–H and O–H groups in total. The number of allylic oxidation sites excluding steroid dienone is 1. The topological polar surface area (TPSA) is 20.2 Å². The van der Waals surface area contributed by atoms with E-state index in [9.17, 15) is 5.11 Å². The number of benzene rings is 2. The van der Waals surface area contributed by atoms with E-state index in [0.29, 0.717) is 29.0 Å². The maximum atomic E-state index is 11.7. The third kappa shape index (κ3) is 5.83. The van der Waals surface area contributed by atoms with Crippen LogP contribution in [0.15, 0.2) is 42.5 Å². The zero-order valence-corrected chi connectivity index (χ0v) is 26.8. The van der Waals surface area contributed by atoms with Crippen LogP contribution in [0.4, 0.5) is 0 Å². The summed E-state index contributed by atoms with van der Waals surface area (Å²) in [6.45, 7) is 16.2. The van der Waals surface area contributed by atoms with Crippen LogP contribution >= 0.6 is 18.6 Å². The molecule has 0 spiro atoms. The molecule has 0 saturated heterocycles. The molecule has 0 aromatic heterocycles. The van der Waals surface area contributed by atoms with Crippen LogP contribution in [0.5, 0.6) is 5.75 Å². The summed E-state index contributed by atoms with van der Waals surface area (Å²) in [5, 5.41) is 13.0. The van der Waals surface area contributed by atoms with Gasteiger partial charge >= 0.3 is 35.6 Å². The molecular weight excluding hydrogens is 523 g/mol. The molecule has 1 fully saturated rings. The van der Waals surface area contributed by atoms with E-state index < -0.39 is 25.1 Å². The van der Waals surface area contributed by atoms with E-state index >= 15 is 0 Å². The van der Waals surface area contributed by atoms with Crippen molar-refractivity contribution in [2.75, 3.05) is 0 Å². The van der Waals surface area contributed by atoms with Crippen molar-refractivity contribution in [3.8, 4) is 5.75 Å². The van der Waals surface area contributed by atoms with Crippen LogP contribution in [0.2, 0.25) is 17.6 Å². The molecule has 4 atom stereocenters. The van der Waals surface area contributed by atoms with Crippen molar-refractivity contribution >= 4 is 37.9 Å². The average molecular weight is 567 g/mol. The van der Waals surface area contributed by atoms with Crippen LogP contribution in [0.3, 0.4) is 0 Å². The summed E-state index contributed by atoms with van der Waals surface area (Å²) in [6, 6.07) is 15.9. The molecule has 192 valence electrons. The minimum absolute atomic E-state index is 0.